The molecule has 0 radical (unpaired) electrons. The molecule has 1 fully saturated rings. The van der Waals surface area contributed by atoms with Crippen molar-refractivity contribution < 1.29 is 0 Å². The minimum absolute atomic E-state index is 0. The van der Waals surface area contributed by atoms with Crippen molar-refractivity contribution in [2.75, 3.05) is 6.54 Å². The van der Waals surface area contributed by atoms with E-state index < -0.39 is 0 Å². The summed E-state index contributed by atoms with van der Waals surface area (Å²) in [5, 5.41) is 5.13. The molecule has 1 aliphatic rings. The van der Waals surface area contributed by atoms with Crippen molar-refractivity contribution in [3.63, 3.8) is 0 Å². The zero-order chi connectivity index (χ0) is 21.8. The molecule has 1 N–H and O–H groups in total. The predicted molar refractivity (Wildman–Crippen MR) is 136 cm³/mol. The number of halogens is 2. The van der Waals surface area contributed by atoms with E-state index >= 15 is 0 Å². The van der Waals surface area contributed by atoms with Gasteiger partial charge in [0.2, 0.25) is 0 Å². The van der Waals surface area contributed by atoms with Gasteiger partial charge in [-0.3, -0.25) is 4.90 Å². The average Bonchev–Trinajstić information content (AvgIpc) is 2.59. The Morgan fingerprint density at radius 3 is 2.30 bits per heavy atom. The maximum atomic E-state index is 6.62. The minimum atomic E-state index is 0. The van der Waals surface area contributed by atoms with Crippen LogP contribution in [0.1, 0.15) is 66.0 Å². The minimum Gasteiger partial charge on any atom is -0.307 e. The van der Waals surface area contributed by atoms with Crippen LogP contribution < -0.4 is 5.32 Å². The Hall–Kier alpha value is -1.06. The Bertz CT molecular complexity index is 774. The van der Waals surface area contributed by atoms with Crippen LogP contribution in [0, 0.1) is 6.92 Å². The number of hydrogen-bond donors (Lipinski definition) is 1. The van der Waals surface area contributed by atoms with Crippen molar-refractivity contribution >= 4 is 23.2 Å². The van der Waals surface area contributed by atoms with Crippen LogP contribution in [0.2, 0.25) is 10.0 Å². The molecule has 1 aliphatic heterocycles. The summed E-state index contributed by atoms with van der Waals surface area (Å²) >= 11 is 13.1. The SMILES string of the molecule is C.C=C/C=C\C=C(/C)CN(Cc1ccc(C)c(Cl)c1Cl)C1CC(C)(C)NC(C)(C)C1. The molecule has 168 valence electrons. The number of nitrogens with one attached hydrogen (secondary N) is 1. The molecular formula is C26H40Cl2N2. The first-order valence-electron chi connectivity index (χ1n) is 10.4. The van der Waals surface area contributed by atoms with Crippen LogP contribution >= 0.6 is 23.2 Å². The van der Waals surface area contributed by atoms with Crippen LogP contribution in [0.4, 0.5) is 0 Å². The Morgan fingerprint density at radius 2 is 1.73 bits per heavy atom. The van der Waals surface area contributed by atoms with Gasteiger partial charge in [0.05, 0.1) is 10.0 Å². The Kier molecular flexibility index (Phi) is 9.89. The van der Waals surface area contributed by atoms with E-state index in [0.29, 0.717) is 16.1 Å². The molecule has 1 heterocycles. The van der Waals surface area contributed by atoms with E-state index in [1.54, 1.807) is 6.08 Å². The summed E-state index contributed by atoms with van der Waals surface area (Å²) in [4.78, 5) is 2.56. The zero-order valence-electron chi connectivity index (χ0n) is 18.8. The summed E-state index contributed by atoms with van der Waals surface area (Å²) in [7, 11) is 0. The first-order valence-corrected chi connectivity index (χ1v) is 11.1. The first kappa shape index (κ1) is 27.0. The number of allylic oxidation sites excluding steroid dienone is 4. The second kappa shape index (κ2) is 11.0. The van der Waals surface area contributed by atoms with Crippen LogP contribution in [0.3, 0.4) is 0 Å². The lowest BCUT2D eigenvalue weighted by molar-refractivity contribution is 0.0671. The molecule has 0 aromatic heterocycles. The van der Waals surface area contributed by atoms with Gasteiger partial charge in [-0.25, -0.2) is 0 Å². The van der Waals surface area contributed by atoms with Gasteiger partial charge >= 0.3 is 0 Å². The average molecular weight is 452 g/mol. The number of benzene rings is 1. The predicted octanol–water partition coefficient (Wildman–Crippen LogP) is 7.74. The largest absolute Gasteiger partial charge is 0.307 e. The van der Waals surface area contributed by atoms with Crippen molar-refractivity contribution in [3.05, 3.63) is 69.8 Å². The van der Waals surface area contributed by atoms with E-state index in [1.807, 2.05) is 19.1 Å². The van der Waals surface area contributed by atoms with E-state index in [2.05, 4.69) is 69.6 Å². The molecule has 2 rings (SSSR count). The fraction of sp³-hybridized carbons (Fsp3) is 0.538. The second-order valence-electron chi connectivity index (χ2n) is 9.66. The summed E-state index contributed by atoms with van der Waals surface area (Å²) in [5.41, 5.74) is 3.58. The molecule has 1 aromatic carbocycles. The smallest absolute Gasteiger partial charge is 0.0640 e. The molecule has 0 spiro atoms. The number of rotatable bonds is 7. The third-order valence-corrected chi connectivity index (χ3v) is 6.51. The van der Waals surface area contributed by atoms with E-state index in [9.17, 15) is 0 Å². The van der Waals surface area contributed by atoms with Gasteiger partial charge in [-0.05, 0) is 65.5 Å². The van der Waals surface area contributed by atoms with Crippen LogP contribution in [0.25, 0.3) is 0 Å². The maximum Gasteiger partial charge on any atom is 0.0640 e. The van der Waals surface area contributed by atoms with E-state index in [0.717, 1.165) is 37.1 Å². The van der Waals surface area contributed by atoms with Gasteiger partial charge in [0.1, 0.15) is 0 Å². The summed E-state index contributed by atoms with van der Waals surface area (Å²) in [5.74, 6) is 0. The quantitative estimate of drug-likeness (QED) is 0.427. The molecule has 0 saturated carbocycles. The molecule has 4 heteroatoms. The Labute approximate surface area is 195 Å². The summed E-state index contributed by atoms with van der Waals surface area (Å²) in [6.45, 7) is 18.8. The molecule has 0 atom stereocenters. The third kappa shape index (κ3) is 7.57. The van der Waals surface area contributed by atoms with Gasteiger partial charge in [0.25, 0.3) is 0 Å². The molecule has 30 heavy (non-hydrogen) atoms. The molecule has 1 saturated heterocycles. The van der Waals surface area contributed by atoms with Crippen LogP contribution in [0.15, 0.2) is 48.6 Å². The highest BCUT2D eigenvalue weighted by molar-refractivity contribution is 6.42. The van der Waals surface area contributed by atoms with Crippen molar-refractivity contribution in [1.29, 1.82) is 0 Å². The molecule has 2 nitrogen and oxygen atoms in total. The van der Waals surface area contributed by atoms with E-state index in [-0.39, 0.29) is 18.5 Å². The van der Waals surface area contributed by atoms with Crippen LogP contribution in [0.5, 0.6) is 0 Å². The van der Waals surface area contributed by atoms with E-state index in [4.69, 9.17) is 23.2 Å². The summed E-state index contributed by atoms with van der Waals surface area (Å²) in [6, 6.07) is 4.63. The number of hydrogen-bond acceptors (Lipinski definition) is 2. The number of nitrogens with zero attached hydrogens (tertiary/aromatic N) is 1. The van der Waals surface area contributed by atoms with Gasteiger partial charge in [0, 0.05) is 30.2 Å². The second-order valence-corrected chi connectivity index (χ2v) is 10.4. The molecule has 0 unspecified atom stereocenters. The lowest BCUT2D eigenvalue weighted by Crippen LogP contribution is -2.62. The monoisotopic (exact) mass is 450 g/mol. The lowest BCUT2D eigenvalue weighted by Gasteiger charge is -2.50. The summed E-state index contributed by atoms with van der Waals surface area (Å²) in [6.07, 6.45) is 10.1. The first-order chi connectivity index (χ1) is 13.4. The molecule has 0 amide bonds. The highest BCUT2D eigenvalue weighted by Gasteiger charge is 2.40. The van der Waals surface area contributed by atoms with Crippen molar-refractivity contribution in [2.45, 2.75) is 85.5 Å². The fourth-order valence-corrected chi connectivity index (χ4v) is 5.00. The van der Waals surface area contributed by atoms with Gasteiger partial charge in [-0.2, -0.15) is 0 Å². The Morgan fingerprint density at radius 1 is 1.13 bits per heavy atom. The highest BCUT2D eigenvalue weighted by Crippen LogP contribution is 2.35. The third-order valence-electron chi connectivity index (χ3n) is 5.49. The Balaban J connectivity index is 0.00000450. The number of piperidine rings is 1. The fourth-order valence-electron chi connectivity index (χ4n) is 4.54. The maximum absolute atomic E-state index is 6.62. The van der Waals surface area contributed by atoms with Crippen LogP contribution in [-0.2, 0) is 6.54 Å². The highest BCUT2D eigenvalue weighted by atomic mass is 35.5. The standard InChI is InChI=1S/C25H36Cl2N2.CH4/c1-8-9-10-11-18(2)16-29(17-20-13-12-19(3)22(26)23(20)27)21-14-24(4,5)28-25(6,7)15-21;/h8-13,21,28H,1,14-17H2,2-7H3;1H4/b10-9-,18-11+;. The molecule has 0 aliphatic carbocycles. The molecule has 0 bridgehead atoms. The van der Waals surface area contributed by atoms with Gasteiger partial charge in [-0.15, -0.1) is 0 Å². The van der Waals surface area contributed by atoms with Gasteiger partial charge < -0.3 is 5.32 Å². The van der Waals surface area contributed by atoms with E-state index in [1.165, 1.54) is 5.57 Å². The number of aryl methyl sites for hydroxylation is 1. The topological polar surface area (TPSA) is 15.3 Å². The molecular weight excluding hydrogens is 411 g/mol. The van der Waals surface area contributed by atoms with Crippen molar-refractivity contribution in [1.82, 2.24) is 10.2 Å². The normalized spacial score (nSPS) is 19.2. The summed E-state index contributed by atoms with van der Waals surface area (Å²) < 4.78 is 0. The van der Waals surface area contributed by atoms with Crippen LogP contribution in [-0.4, -0.2) is 28.6 Å². The van der Waals surface area contributed by atoms with Crippen molar-refractivity contribution in [3.8, 4) is 0 Å². The zero-order valence-corrected chi connectivity index (χ0v) is 20.3. The van der Waals surface area contributed by atoms with Gasteiger partial charge in [0.15, 0.2) is 0 Å². The molecule has 1 aromatic rings. The van der Waals surface area contributed by atoms with Crippen molar-refractivity contribution in [2.24, 2.45) is 0 Å². The lowest BCUT2D eigenvalue weighted by atomic mass is 9.78. The van der Waals surface area contributed by atoms with Gasteiger partial charge in [-0.1, -0.05) is 79.2 Å².